The number of nitrogens with zero attached hydrogens (tertiary/aromatic N) is 1. The van der Waals surface area contributed by atoms with Crippen LogP contribution in [-0.2, 0) is 9.53 Å². The molecule has 0 aliphatic rings. The maximum atomic E-state index is 11.2. The van der Waals surface area contributed by atoms with E-state index in [-0.39, 0.29) is 18.9 Å². The fourth-order valence-corrected chi connectivity index (χ4v) is 1.72. The number of amides is 1. The molecule has 1 aromatic rings. The average molecular weight is 296 g/mol. The van der Waals surface area contributed by atoms with Crippen molar-refractivity contribution in [2.45, 2.75) is 13.3 Å². The van der Waals surface area contributed by atoms with E-state index in [4.69, 9.17) is 10.5 Å². The predicted molar refractivity (Wildman–Crippen MR) is 80.4 cm³/mol. The van der Waals surface area contributed by atoms with Crippen LogP contribution >= 0.6 is 0 Å². The molecule has 0 aliphatic heterocycles. The molecule has 0 heterocycles. The second-order valence-electron chi connectivity index (χ2n) is 4.33. The Balaban J connectivity index is 2.67. The van der Waals surface area contributed by atoms with Crippen LogP contribution in [0.15, 0.2) is 18.2 Å². The molecule has 1 rings (SSSR count). The van der Waals surface area contributed by atoms with E-state index in [1.54, 1.807) is 18.2 Å². The van der Waals surface area contributed by atoms with E-state index in [0.29, 0.717) is 24.5 Å². The number of primary amides is 1. The van der Waals surface area contributed by atoms with E-state index in [9.17, 15) is 14.9 Å². The highest BCUT2D eigenvalue weighted by atomic mass is 16.6. The van der Waals surface area contributed by atoms with Gasteiger partial charge in [0.1, 0.15) is 18.0 Å². The van der Waals surface area contributed by atoms with Gasteiger partial charge in [0.25, 0.3) is 0 Å². The normalized spacial score (nSPS) is 10.1. The third-order valence-corrected chi connectivity index (χ3v) is 2.59. The smallest absolute Gasteiger partial charge is 0.315 e. The van der Waals surface area contributed by atoms with Crippen molar-refractivity contribution in [1.29, 1.82) is 0 Å². The van der Waals surface area contributed by atoms with Gasteiger partial charge in [-0.15, -0.1) is 0 Å². The molecule has 8 heteroatoms. The predicted octanol–water partition coefficient (Wildman–Crippen LogP) is 1.33. The van der Waals surface area contributed by atoms with E-state index in [0.717, 1.165) is 6.42 Å². The monoisotopic (exact) mass is 296 g/mol. The minimum Gasteiger partial charge on any atom is -0.379 e. The number of rotatable bonds is 10. The van der Waals surface area contributed by atoms with Crippen molar-refractivity contribution < 1.29 is 14.5 Å². The quantitative estimate of drug-likeness (QED) is 0.340. The van der Waals surface area contributed by atoms with E-state index in [2.05, 4.69) is 10.6 Å². The van der Waals surface area contributed by atoms with Crippen LogP contribution in [0.25, 0.3) is 0 Å². The summed E-state index contributed by atoms with van der Waals surface area (Å²) in [6, 6.07) is 5.03. The topological polar surface area (TPSA) is 120 Å². The third-order valence-electron chi connectivity index (χ3n) is 2.59. The minimum absolute atomic E-state index is 0.000788. The number of para-hydroxylation sites is 1. The Morgan fingerprint density at radius 1 is 1.33 bits per heavy atom. The standard InChI is InChI=1S/C13H20N4O4/c1-2-6-15-10-4-3-5-11(13(10)17(19)20)16-7-8-21-9-12(14)18/h3-5,15-16H,2,6-9H2,1H3,(H2,14,18). The molecule has 1 amide bonds. The summed E-state index contributed by atoms with van der Waals surface area (Å²) in [6.07, 6.45) is 0.871. The van der Waals surface area contributed by atoms with Gasteiger partial charge in [-0.2, -0.15) is 0 Å². The van der Waals surface area contributed by atoms with Crippen LogP contribution in [0.4, 0.5) is 17.1 Å². The molecule has 0 fully saturated rings. The van der Waals surface area contributed by atoms with Crippen molar-refractivity contribution in [3.63, 3.8) is 0 Å². The lowest BCUT2D eigenvalue weighted by Crippen LogP contribution is -2.20. The first-order valence-corrected chi connectivity index (χ1v) is 6.67. The molecule has 0 saturated carbocycles. The molecule has 0 unspecified atom stereocenters. The highest BCUT2D eigenvalue weighted by Crippen LogP contribution is 2.32. The Labute approximate surface area is 122 Å². The van der Waals surface area contributed by atoms with Crippen LogP contribution in [0, 0.1) is 10.1 Å². The molecule has 0 aliphatic carbocycles. The van der Waals surface area contributed by atoms with Gasteiger partial charge in [0.2, 0.25) is 5.91 Å². The minimum atomic E-state index is -0.549. The van der Waals surface area contributed by atoms with Gasteiger partial charge in [-0.05, 0) is 18.6 Å². The second-order valence-corrected chi connectivity index (χ2v) is 4.33. The number of anilines is 2. The molecule has 1 aromatic carbocycles. The Morgan fingerprint density at radius 3 is 2.48 bits per heavy atom. The number of ether oxygens (including phenoxy) is 1. The Kier molecular flexibility index (Phi) is 6.96. The summed E-state index contributed by atoms with van der Waals surface area (Å²) in [4.78, 5) is 21.3. The van der Waals surface area contributed by atoms with Crippen LogP contribution in [0.3, 0.4) is 0 Å². The van der Waals surface area contributed by atoms with Crippen molar-refractivity contribution in [3.05, 3.63) is 28.3 Å². The van der Waals surface area contributed by atoms with Crippen LogP contribution < -0.4 is 16.4 Å². The lowest BCUT2D eigenvalue weighted by atomic mass is 10.2. The van der Waals surface area contributed by atoms with Gasteiger partial charge in [-0.3, -0.25) is 14.9 Å². The molecule has 0 radical (unpaired) electrons. The third kappa shape index (κ3) is 5.65. The summed E-state index contributed by atoms with van der Waals surface area (Å²) in [5.74, 6) is -0.549. The molecular formula is C13H20N4O4. The Morgan fingerprint density at radius 2 is 1.95 bits per heavy atom. The van der Waals surface area contributed by atoms with Gasteiger partial charge in [0.05, 0.1) is 11.5 Å². The van der Waals surface area contributed by atoms with Crippen molar-refractivity contribution >= 4 is 23.0 Å². The lowest BCUT2D eigenvalue weighted by molar-refractivity contribution is -0.383. The van der Waals surface area contributed by atoms with Crippen LogP contribution in [0.2, 0.25) is 0 Å². The maximum Gasteiger partial charge on any atom is 0.315 e. The molecule has 0 bridgehead atoms. The highest BCUT2D eigenvalue weighted by Gasteiger charge is 2.18. The zero-order valence-corrected chi connectivity index (χ0v) is 11.9. The first kappa shape index (κ1) is 16.7. The van der Waals surface area contributed by atoms with Gasteiger partial charge >= 0.3 is 5.69 Å². The second kappa shape index (κ2) is 8.75. The summed E-state index contributed by atoms with van der Waals surface area (Å²) >= 11 is 0. The van der Waals surface area contributed by atoms with Crippen LogP contribution in [0.5, 0.6) is 0 Å². The first-order chi connectivity index (χ1) is 10.1. The summed E-state index contributed by atoms with van der Waals surface area (Å²) in [7, 11) is 0. The number of carbonyl (C=O) groups is 1. The fraction of sp³-hybridized carbons (Fsp3) is 0.462. The van der Waals surface area contributed by atoms with E-state index in [1.165, 1.54) is 0 Å². The van der Waals surface area contributed by atoms with Gasteiger partial charge in [-0.25, -0.2) is 0 Å². The number of nitro benzene ring substituents is 1. The SMILES string of the molecule is CCCNc1cccc(NCCOCC(N)=O)c1[N+](=O)[O-]. The van der Waals surface area contributed by atoms with Gasteiger partial charge in [0.15, 0.2) is 0 Å². The number of hydrogen-bond acceptors (Lipinski definition) is 6. The zero-order valence-electron chi connectivity index (χ0n) is 11.9. The van der Waals surface area contributed by atoms with Gasteiger partial charge in [0, 0.05) is 13.1 Å². The zero-order chi connectivity index (χ0) is 15.7. The van der Waals surface area contributed by atoms with Crippen molar-refractivity contribution in [2.75, 3.05) is 36.9 Å². The summed E-state index contributed by atoms with van der Waals surface area (Å²) in [5, 5.41) is 17.2. The van der Waals surface area contributed by atoms with Crippen molar-refractivity contribution in [2.24, 2.45) is 5.73 Å². The molecule has 0 saturated heterocycles. The molecule has 0 aromatic heterocycles. The molecular weight excluding hydrogens is 276 g/mol. The molecule has 21 heavy (non-hydrogen) atoms. The highest BCUT2D eigenvalue weighted by molar-refractivity contribution is 5.76. The Bertz CT molecular complexity index is 493. The lowest BCUT2D eigenvalue weighted by Gasteiger charge is -2.11. The van der Waals surface area contributed by atoms with Crippen LogP contribution in [-0.4, -0.2) is 37.1 Å². The van der Waals surface area contributed by atoms with Gasteiger partial charge < -0.3 is 21.1 Å². The molecule has 0 atom stereocenters. The summed E-state index contributed by atoms with van der Waals surface area (Å²) in [5.41, 5.74) is 5.82. The summed E-state index contributed by atoms with van der Waals surface area (Å²) < 4.78 is 4.99. The number of nitrogens with one attached hydrogen (secondary N) is 2. The molecule has 8 nitrogen and oxygen atoms in total. The van der Waals surface area contributed by atoms with Crippen LogP contribution in [0.1, 0.15) is 13.3 Å². The van der Waals surface area contributed by atoms with E-state index in [1.807, 2.05) is 6.92 Å². The van der Waals surface area contributed by atoms with Crippen molar-refractivity contribution in [3.8, 4) is 0 Å². The number of nitro groups is 1. The number of hydrogen-bond donors (Lipinski definition) is 3. The van der Waals surface area contributed by atoms with E-state index < -0.39 is 10.8 Å². The maximum absolute atomic E-state index is 11.2. The van der Waals surface area contributed by atoms with Crippen molar-refractivity contribution in [1.82, 2.24) is 0 Å². The summed E-state index contributed by atoms with van der Waals surface area (Å²) in [6.45, 7) is 3.04. The molecule has 4 N–H and O–H groups in total. The largest absolute Gasteiger partial charge is 0.379 e. The molecule has 116 valence electrons. The molecule has 0 spiro atoms. The number of carbonyl (C=O) groups excluding carboxylic acids is 1. The number of benzene rings is 1. The van der Waals surface area contributed by atoms with E-state index >= 15 is 0 Å². The first-order valence-electron chi connectivity index (χ1n) is 6.67. The average Bonchev–Trinajstić information content (AvgIpc) is 2.44. The van der Waals surface area contributed by atoms with Gasteiger partial charge in [-0.1, -0.05) is 13.0 Å². The fourth-order valence-electron chi connectivity index (χ4n) is 1.72. The number of nitrogens with two attached hydrogens (primary N) is 1. The Hall–Kier alpha value is -2.35.